The smallest absolute Gasteiger partial charge is 0.293 e. The molecule has 0 radical (unpaired) electrons. The Morgan fingerprint density at radius 2 is 1.79 bits per heavy atom. The van der Waals surface area contributed by atoms with Gasteiger partial charge in [-0.3, -0.25) is 4.79 Å². The average Bonchev–Trinajstić information content (AvgIpc) is 2.55. The molecule has 0 unspecified atom stereocenters. The highest BCUT2D eigenvalue weighted by Crippen LogP contribution is 2.25. The minimum atomic E-state index is 0.0498. The van der Waals surface area contributed by atoms with E-state index in [1.807, 2.05) is 45.0 Å². The third kappa shape index (κ3) is 6.80. The van der Waals surface area contributed by atoms with Gasteiger partial charge in [-0.05, 0) is 43.0 Å². The van der Waals surface area contributed by atoms with Gasteiger partial charge in [0.25, 0.3) is 6.47 Å². The molecule has 0 atom stereocenters. The summed E-state index contributed by atoms with van der Waals surface area (Å²) in [4.78, 5) is 10.2. The second-order valence-corrected chi connectivity index (χ2v) is 5.94. The molecule has 0 amide bonds. The number of hydrogen-bond acceptors (Lipinski definition) is 3. The van der Waals surface area contributed by atoms with E-state index in [1.165, 1.54) is 11.1 Å². The van der Waals surface area contributed by atoms with Crippen molar-refractivity contribution in [3.8, 4) is 11.1 Å². The predicted octanol–water partition coefficient (Wildman–Crippen LogP) is 4.45. The monoisotopic (exact) mass is 326 g/mol. The Balaban J connectivity index is 0.000000648. The van der Waals surface area contributed by atoms with E-state index in [9.17, 15) is 4.79 Å². The van der Waals surface area contributed by atoms with Gasteiger partial charge >= 0.3 is 0 Å². The lowest BCUT2D eigenvalue weighted by Gasteiger charge is -2.11. The fraction of sp³-hybridized carbons (Fsp3) is 0.286. The molecule has 0 spiro atoms. The zero-order chi connectivity index (χ0) is 17.9. The second-order valence-electron chi connectivity index (χ2n) is 5.94. The van der Waals surface area contributed by atoms with Gasteiger partial charge in [0, 0.05) is 6.42 Å². The minimum absolute atomic E-state index is 0.0498. The van der Waals surface area contributed by atoms with E-state index in [0.29, 0.717) is 19.5 Å². The number of carbonyl (C=O) groups is 1. The van der Waals surface area contributed by atoms with Crippen molar-refractivity contribution < 1.29 is 14.6 Å². The molecule has 0 heterocycles. The Kier molecular flexibility index (Phi) is 8.52. The van der Waals surface area contributed by atoms with E-state index in [4.69, 9.17) is 9.84 Å². The van der Waals surface area contributed by atoms with Crippen LogP contribution in [0.5, 0.6) is 0 Å². The molecule has 2 rings (SSSR count). The van der Waals surface area contributed by atoms with Gasteiger partial charge in [0.2, 0.25) is 0 Å². The summed E-state index contributed by atoms with van der Waals surface area (Å²) in [5.41, 5.74) is 6.63. The van der Waals surface area contributed by atoms with Crippen molar-refractivity contribution in [2.45, 2.75) is 33.8 Å². The van der Waals surface area contributed by atoms with Gasteiger partial charge in [-0.2, -0.15) is 0 Å². The van der Waals surface area contributed by atoms with E-state index in [2.05, 4.69) is 24.8 Å². The fourth-order valence-corrected chi connectivity index (χ4v) is 2.22. The Morgan fingerprint density at radius 3 is 2.33 bits per heavy atom. The number of ether oxygens (including phenoxy) is 1. The standard InChI is InChI=1S/C17H18O3.C4H8/c1-13-2-7-17(16(10-13)8-9-20-12-19)15-5-3-14(11-18)4-6-15;1-4(2)3/h2-7,10,12,18H,8-9,11H2,1H3;1H2,2-3H3. The summed E-state index contributed by atoms with van der Waals surface area (Å²) in [6.45, 7) is 10.5. The fourth-order valence-electron chi connectivity index (χ4n) is 2.22. The molecule has 3 heteroatoms. The summed E-state index contributed by atoms with van der Waals surface area (Å²) in [5, 5.41) is 9.08. The molecule has 0 aromatic heterocycles. The van der Waals surface area contributed by atoms with Gasteiger partial charge in [0.15, 0.2) is 0 Å². The number of hydrogen-bond donors (Lipinski definition) is 1. The summed E-state index contributed by atoms with van der Waals surface area (Å²) < 4.78 is 4.79. The molecule has 2 aromatic rings. The van der Waals surface area contributed by atoms with Crippen LogP contribution < -0.4 is 0 Å². The van der Waals surface area contributed by atoms with Crippen LogP contribution >= 0.6 is 0 Å². The number of aliphatic hydroxyl groups is 1. The van der Waals surface area contributed by atoms with E-state index in [0.717, 1.165) is 22.3 Å². The van der Waals surface area contributed by atoms with E-state index in [1.54, 1.807) is 0 Å². The Morgan fingerprint density at radius 1 is 1.17 bits per heavy atom. The second kappa shape index (κ2) is 10.4. The van der Waals surface area contributed by atoms with Crippen molar-refractivity contribution >= 4 is 6.47 Å². The number of benzene rings is 2. The van der Waals surface area contributed by atoms with Crippen molar-refractivity contribution in [2.75, 3.05) is 6.61 Å². The quantitative estimate of drug-likeness (QED) is 0.484. The van der Waals surface area contributed by atoms with Crippen molar-refractivity contribution in [2.24, 2.45) is 0 Å². The van der Waals surface area contributed by atoms with Gasteiger partial charge < -0.3 is 9.84 Å². The average molecular weight is 326 g/mol. The van der Waals surface area contributed by atoms with Gasteiger partial charge in [0.1, 0.15) is 0 Å². The van der Waals surface area contributed by atoms with Gasteiger partial charge in [-0.25, -0.2) is 0 Å². The summed E-state index contributed by atoms with van der Waals surface area (Å²) in [6.07, 6.45) is 0.692. The minimum Gasteiger partial charge on any atom is -0.468 e. The molecular formula is C21H26O3. The van der Waals surface area contributed by atoms with Crippen LogP contribution in [0.2, 0.25) is 0 Å². The first-order chi connectivity index (χ1) is 11.5. The molecule has 0 bridgehead atoms. The molecular weight excluding hydrogens is 300 g/mol. The van der Waals surface area contributed by atoms with Crippen LogP contribution in [-0.2, 0) is 22.6 Å². The van der Waals surface area contributed by atoms with Crippen LogP contribution in [0.3, 0.4) is 0 Å². The van der Waals surface area contributed by atoms with Crippen LogP contribution in [-0.4, -0.2) is 18.2 Å². The zero-order valence-corrected chi connectivity index (χ0v) is 14.7. The maximum atomic E-state index is 10.2. The highest BCUT2D eigenvalue weighted by atomic mass is 16.5. The number of carbonyl (C=O) groups excluding carboxylic acids is 1. The lowest BCUT2D eigenvalue weighted by Crippen LogP contribution is -1.99. The number of allylic oxidation sites excluding steroid dienone is 1. The maximum Gasteiger partial charge on any atom is 0.293 e. The van der Waals surface area contributed by atoms with E-state index in [-0.39, 0.29) is 6.61 Å². The normalized spacial score (nSPS) is 9.67. The molecule has 0 aliphatic rings. The number of aryl methyl sites for hydroxylation is 1. The molecule has 3 nitrogen and oxygen atoms in total. The summed E-state index contributed by atoms with van der Waals surface area (Å²) in [7, 11) is 0. The van der Waals surface area contributed by atoms with Crippen LogP contribution in [0.25, 0.3) is 11.1 Å². The molecule has 1 N–H and O–H groups in total. The van der Waals surface area contributed by atoms with E-state index < -0.39 is 0 Å². The molecule has 24 heavy (non-hydrogen) atoms. The molecule has 0 saturated heterocycles. The van der Waals surface area contributed by atoms with Crippen molar-refractivity contribution in [3.05, 3.63) is 71.3 Å². The van der Waals surface area contributed by atoms with Crippen LogP contribution in [0, 0.1) is 6.92 Å². The first-order valence-electron chi connectivity index (χ1n) is 7.95. The summed E-state index contributed by atoms with van der Waals surface area (Å²) in [5.74, 6) is 0. The van der Waals surface area contributed by atoms with Gasteiger partial charge in [-0.15, -0.1) is 6.58 Å². The van der Waals surface area contributed by atoms with Crippen molar-refractivity contribution in [1.29, 1.82) is 0 Å². The Hall–Kier alpha value is -2.39. The van der Waals surface area contributed by atoms with Crippen LogP contribution in [0.4, 0.5) is 0 Å². The lowest BCUT2D eigenvalue weighted by atomic mass is 9.95. The first-order valence-corrected chi connectivity index (χ1v) is 7.95. The lowest BCUT2D eigenvalue weighted by molar-refractivity contribution is -0.128. The van der Waals surface area contributed by atoms with Crippen molar-refractivity contribution in [1.82, 2.24) is 0 Å². The number of aliphatic hydroxyl groups excluding tert-OH is 1. The van der Waals surface area contributed by atoms with Crippen molar-refractivity contribution in [3.63, 3.8) is 0 Å². The molecule has 0 fully saturated rings. The molecule has 0 saturated carbocycles. The maximum absolute atomic E-state index is 10.2. The predicted molar refractivity (Wildman–Crippen MR) is 98.7 cm³/mol. The number of rotatable bonds is 6. The summed E-state index contributed by atoms with van der Waals surface area (Å²) >= 11 is 0. The molecule has 0 aliphatic carbocycles. The van der Waals surface area contributed by atoms with Gasteiger partial charge in [-0.1, -0.05) is 53.6 Å². The molecule has 128 valence electrons. The first kappa shape index (κ1) is 19.7. The Bertz CT molecular complexity index is 653. The van der Waals surface area contributed by atoms with E-state index >= 15 is 0 Å². The molecule has 2 aromatic carbocycles. The highest BCUT2D eigenvalue weighted by Gasteiger charge is 2.06. The highest BCUT2D eigenvalue weighted by molar-refractivity contribution is 5.68. The Labute approximate surface area is 144 Å². The topological polar surface area (TPSA) is 46.5 Å². The van der Waals surface area contributed by atoms with Crippen LogP contribution in [0.15, 0.2) is 54.6 Å². The molecule has 0 aliphatic heterocycles. The largest absolute Gasteiger partial charge is 0.468 e. The SMILES string of the molecule is C=C(C)C.Cc1ccc(-c2ccc(CO)cc2)c(CCOC=O)c1. The summed E-state index contributed by atoms with van der Waals surface area (Å²) in [6, 6.07) is 14.1. The third-order valence-corrected chi connectivity index (χ3v) is 3.27. The zero-order valence-electron chi connectivity index (χ0n) is 14.7. The van der Waals surface area contributed by atoms with Gasteiger partial charge in [0.05, 0.1) is 13.2 Å². The third-order valence-electron chi connectivity index (χ3n) is 3.27. The van der Waals surface area contributed by atoms with Crippen LogP contribution in [0.1, 0.15) is 30.5 Å².